The molecule has 2 aromatic rings. The SMILES string of the molecule is COc1ccc(C(N)=O)c(OCC(=O)N2CCN(Cc3ccc(Cl)s3)CC2)c1. The van der Waals surface area contributed by atoms with Crippen LogP contribution in [0.1, 0.15) is 15.2 Å². The van der Waals surface area contributed by atoms with Crippen LogP contribution >= 0.6 is 22.9 Å². The highest BCUT2D eigenvalue weighted by Gasteiger charge is 2.22. The number of methoxy groups -OCH3 is 1. The van der Waals surface area contributed by atoms with E-state index in [9.17, 15) is 9.59 Å². The lowest BCUT2D eigenvalue weighted by Crippen LogP contribution is -2.49. The number of piperazine rings is 1. The van der Waals surface area contributed by atoms with Crippen LogP contribution < -0.4 is 15.2 Å². The van der Waals surface area contributed by atoms with E-state index >= 15 is 0 Å². The minimum absolute atomic E-state index is 0.128. The van der Waals surface area contributed by atoms with Crippen molar-refractivity contribution < 1.29 is 19.1 Å². The summed E-state index contributed by atoms with van der Waals surface area (Å²) in [6, 6.07) is 8.63. The van der Waals surface area contributed by atoms with Crippen LogP contribution in [0, 0.1) is 0 Å². The molecule has 7 nitrogen and oxygen atoms in total. The quantitative estimate of drug-likeness (QED) is 0.738. The second-order valence-electron chi connectivity index (χ2n) is 6.38. The Balaban J connectivity index is 1.51. The van der Waals surface area contributed by atoms with E-state index in [0.717, 1.165) is 24.0 Å². The molecule has 0 aliphatic carbocycles. The monoisotopic (exact) mass is 423 g/mol. The zero-order chi connectivity index (χ0) is 20.1. The normalized spacial score (nSPS) is 14.7. The molecule has 2 heterocycles. The van der Waals surface area contributed by atoms with E-state index in [1.54, 1.807) is 28.4 Å². The van der Waals surface area contributed by atoms with Gasteiger partial charge in [-0.3, -0.25) is 14.5 Å². The third-order valence-electron chi connectivity index (χ3n) is 4.54. The van der Waals surface area contributed by atoms with Gasteiger partial charge in [-0.15, -0.1) is 11.3 Å². The maximum Gasteiger partial charge on any atom is 0.260 e. The summed E-state index contributed by atoms with van der Waals surface area (Å²) in [6.07, 6.45) is 0. The summed E-state index contributed by atoms with van der Waals surface area (Å²) < 4.78 is 11.5. The number of carbonyl (C=O) groups excluding carboxylic acids is 2. The fourth-order valence-electron chi connectivity index (χ4n) is 3.00. The number of rotatable bonds is 7. The number of primary amides is 1. The first-order valence-corrected chi connectivity index (χ1v) is 10.0. The molecule has 1 saturated heterocycles. The minimum Gasteiger partial charge on any atom is -0.497 e. The van der Waals surface area contributed by atoms with Gasteiger partial charge in [-0.2, -0.15) is 0 Å². The molecular weight excluding hydrogens is 402 g/mol. The summed E-state index contributed by atoms with van der Waals surface area (Å²) in [4.78, 5) is 29.3. The molecule has 0 unspecified atom stereocenters. The van der Waals surface area contributed by atoms with Crippen LogP contribution in [0.5, 0.6) is 11.5 Å². The molecule has 0 radical (unpaired) electrons. The van der Waals surface area contributed by atoms with Crippen molar-refractivity contribution in [2.45, 2.75) is 6.54 Å². The molecule has 3 rings (SSSR count). The summed E-state index contributed by atoms with van der Waals surface area (Å²) in [5, 5.41) is 0. The summed E-state index contributed by atoms with van der Waals surface area (Å²) in [6.45, 7) is 3.50. The largest absolute Gasteiger partial charge is 0.497 e. The van der Waals surface area contributed by atoms with Gasteiger partial charge in [0.1, 0.15) is 11.5 Å². The standard InChI is InChI=1S/C19H22ClN3O4S/c1-26-13-2-4-15(19(21)25)16(10-13)27-12-18(24)23-8-6-22(7-9-23)11-14-3-5-17(20)28-14/h2-5,10H,6-9,11-12H2,1H3,(H2,21,25). The lowest BCUT2D eigenvalue weighted by atomic mass is 10.2. The van der Waals surface area contributed by atoms with Crippen molar-refractivity contribution in [3.63, 3.8) is 0 Å². The average Bonchev–Trinajstić information content (AvgIpc) is 3.10. The Kier molecular flexibility index (Phi) is 6.77. The number of carbonyl (C=O) groups is 2. The van der Waals surface area contributed by atoms with E-state index in [-0.39, 0.29) is 23.8 Å². The zero-order valence-corrected chi connectivity index (χ0v) is 17.1. The van der Waals surface area contributed by atoms with Crippen molar-refractivity contribution in [3.8, 4) is 11.5 Å². The molecule has 1 aromatic carbocycles. The van der Waals surface area contributed by atoms with Crippen LogP contribution in [0.2, 0.25) is 4.34 Å². The molecule has 0 saturated carbocycles. The van der Waals surface area contributed by atoms with Crippen molar-refractivity contribution in [3.05, 3.63) is 45.1 Å². The van der Waals surface area contributed by atoms with Crippen LogP contribution in [0.3, 0.4) is 0 Å². The molecule has 0 atom stereocenters. The van der Waals surface area contributed by atoms with Crippen molar-refractivity contribution >= 4 is 34.8 Å². The molecule has 28 heavy (non-hydrogen) atoms. The Labute approximate surface area is 172 Å². The number of thiophene rings is 1. The number of amides is 2. The number of nitrogens with zero attached hydrogens (tertiary/aromatic N) is 2. The highest BCUT2D eigenvalue weighted by atomic mass is 35.5. The van der Waals surface area contributed by atoms with Crippen molar-refractivity contribution in [2.75, 3.05) is 39.9 Å². The van der Waals surface area contributed by atoms with Gasteiger partial charge in [0.2, 0.25) is 0 Å². The third-order valence-corrected chi connectivity index (χ3v) is 5.75. The van der Waals surface area contributed by atoms with E-state index in [1.807, 2.05) is 12.1 Å². The van der Waals surface area contributed by atoms with Gasteiger partial charge in [0, 0.05) is 43.7 Å². The van der Waals surface area contributed by atoms with Crippen LogP contribution in [0.25, 0.3) is 0 Å². The van der Waals surface area contributed by atoms with E-state index in [0.29, 0.717) is 18.8 Å². The van der Waals surface area contributed by atoms with Crippen molar-refractivity contribution in [1.29, 1.82) is 0 Å². The summed E-state index contributed by atoms with van der Waals surface area (Å²) in [5.41, 5.74) is 5.58. The van der Waals surface area contributed by atoms with Gasteiger partial charge in [0.25, 0.3) is 11.8 Å². The predicted octanol–water partition coefficient (Wildman–Crippen LogP) is 2.23. The topological polar surface area (TPSA) is 85.1 Å². The number of ether oxygens (including phenoxy) is 2. The first-order valence-electron chi connectivity index (χ1n) is 8.81. The van der Waals surface area contributed by atoms with Gasteiger partial charge >= 0.3 is 0 Å². The van der Waals surface area contributed by atoms with Gasteiger partial charge in [0.05, 0.1) is 17.0 Å². The predicted molar refractivity (Wildman–Crippen MR) is 108 cm³/mol. The van der Waals surface area contributed by atoms with Crippen molar-refractivity contribution in [1.82, 2.24) is 9.80 Å². The molecular formula is C19H22ClN3O4S. The summed E-state index contributed by atoms with van der Waals surface area (Å²) >= 11 is 7.55. The summed E-state index contributed by atoms with van der Waals surface area (Å²) in [7, 11) is 1.51. The molecule has 150 valence electrons. The lowest BCUT2D eigenvalue weighted by molar-refractivity contribution is -0.135. The first kappa shape index (κ1) is 20.4. The molecule has 1 fully saturated rings. The number of benzene rings is 1. The molecule has 2 amide bonds. The molecule has 1 aliphatic rings. The smallest absolute Gasteiger partial charge is 0.260 e. The third kappa shape index (κ3) is 5.15. The average molecular weight is 424 g/mol. The highest BCUT2D eigenvalue weighted by Crippen LogP contribution is 2.25. The van der Waals surface area contributed by atoms with Gasteiger partial charge in [0.15, 0.2) is 6.61 Å². The number of halogens is 1. The first-order chi connectivity index (χ1) is 13.5. The molecule has 9 heteroatoms. The lowest BCUT2D eigenvalue weighted by Gasteiger charge is -2.34. The Morgan fingerprint density at radius 1 is 1.18 bits per heavy atom. The van der Waals surface area contributed by atoms with Gasteiger partial charge in [-0.05, 0) is 24.3 Å². The van der Waals surface area contributed by atoms with Gasteiger partial charge in [-0.25, -0.2) is 0 Å². The molecule has 2 N–H and O–H groups in total. The van der Waals surface area contributed by atoms with E-state index in [4.69, 9.17) is 26.8 Å². The number of hydrogen-bond acceptors (Lipinski definition) is 6. The van der Waals surface area contributed by atoms with Crippen LogP contribution in [-0.2, 0) is 11.3 Å². The fraction of sp³-hybridized carbons (Fsp3) is 0.368. The highest BCUT2D eigenvalue weighted by molar-refractivity contribution is 7.16. The molecule has 0 bridgehead atoms. The maximum absolute atomic E-state index is 12.5. The summed E-state index contributed by atoms with van der Waals surface area (Å²) in [5.74, 6) is 0.0209. The Hall–Kier alpha value is -2.29. The van der Waals surface area contributed by atoms with Crippen molar-refractivity contribution in [2.24, 2.45) is 5.73 Å². The van der Waals surface area contributed by atoms with Crippen LogP contribution in [-0.4, -0.2) is 61.5 Å². The second kappa shape index (κ2) is 9.27. The second-order valence-corrected chi connectivity index (χ2v) is 8.18. The minimum atomic E-state index is -0.618. The van der Waals surface area contributed by atoms with E-state index in [1.165, 1.54) is 18.1 Å². The van der Waals surface area contributed by atoms with Gasteiger partial charge < -0.3 is 20.1 Å². The van der Waals surface area contributed by atoms with Crippen LogP contribution in [0.15, 0.2) is 30.3 Å². The zero-order valence-electron chi connectivity index (χ0n) is 15.5. The number of hydrogen-bond donors (Lipinski definition) is 1. The Bertz CT molecular complexity index is 849. The fourth-order valence-corrected chi connectivity index (χ4v) is 4.13. The maximum atomic E-state index is 12.5. The Morgan fingerprint density at radius 3 is 2.54 bits per heavy atom. The van der Waals surface area contributed by atoms with Gasteiger partial charge in [-0.1, -0.05) is 11.6 Å². The number of nitrogens with two attached hydrogens (primary N) is 1. The molecule has 0 spiro atoms. The Morgan fingerprint density at radius 2 is 1.93 bits per heavy atom. The molecule has 1 aliphatic heterocycles. The van der Waals surface area contributed by atoms with E-state index in [2.05, 4.69) is 4.90 Å². The van der Waals surface area contributed by atoms with Crippen LogP contribution in [0.4, 0.5) is 0 Å². The molecule has 1 aromatic heterocycles. The van der Waals surface area contributed by atoms with E-state index < -0.39 is 5.91 Å².